The maximum atomic E-state index is 13.0. The van der Waals surface area contributed by atoms with Crippen molar-refractivity contribution in [2.45, 2.75) is 31.3 Å². The van der Waals surface area contributed by atoms with E-state index in [9.17, 15) is 9.59 Å². The zero-order chi connectivity index (χ0) is 20.7. The molecule has 1 N–H and O–H groups in total. The van der Waals surface area contributed by atoms with E-state index in [1.165, 1.54) is 5.56 Å². The second kappa shape index (κ2) is 7.67. The minimum atomic E-state index is -0.0753. The number of piperidine rings is 2. The van der Waals surface area contributed by atoms with Crippen LogP contribution >= 0.6 is 0 Å². The molecule has 5 heterocycles. The van der Waals surface area contributed by atoms with Crippen molar-refractivity contribution in [1.82, 2.24) is 19.7 Å². The quantitative estimate of drug-likeness (QED) is 0.812. The molecule has 158 valence electrons. The lowest BCUT2D eigenvalue weighted by molar-refractivity contribution is -0.124. The molecule has 4 bridgehead atoms. The molecule has 4 fully saturated rings. The molecule has 3 atom stereocenters. The smallest absolute Gasteiger partial charge is 0.250 e. The summed E-state index contributed by atoms with van der Waals surface area (Å²) in [6.45, 7) is 8.64. The molecule has 30 heavy (non-hydrogen) atoms. The third-order valence-corrected chi connectivity index (χ3v) is 7.29. The summed E-state index contributed by atoms with van der Waals surface area (Å²) in [5.41, 5.74) is 2.10. The molecule has 4 aliphatic rings. The van der Waals surface area contributed by atoms with Crippen molar-refractivity contribution in [1.29, 1.82) is 0 Å². The highest BCUT2D eigenvalue weighted by atomic mass is 16.2. The largest absolute Gasteiger partial charge is 0.352 e. The van der Waals surface area contributed by atoms with Crippen LogP contribution in [0.15, 0.2) is 53.3 Å². The Hall–Kier alpha value is -2.44. The van der Waals surface area contributed by atoms with Crippen LogP contribution in [0, 0.1) is 12.8 Å². The van der Waals surface area contributed by atoms with Crippen molar-refractivity contribution in [2.75, 3.05) is 39.3 Å². The monoisotopic (exact) mass is 406 g/mol. The summed E-state index contributed by atoms with van der Waals surface area (Å²) in [7, 11) is 0. The Bertz CT molecular complexity index is 970. The Balaban J connectivity index is 1.38. The summed E-state index contributed by atoms with van der Waals surface area (Å²) in [6, 6.07) is 16.1. The van der Waals surface area contributed by atoms with Gasteiger partial charge in [0.1, 0.15) is 0 Å². The molecule has 1 amide bonds. The standard InChI is InChI=1S/C24H30N4O2/c1-18-6-5-9-22(30)28(18)11-10-21(29)25-23-19-14-26-12-13-27(15-19)17-24(23,16-26)20-7-3-2-4-8-20/h2-9,19,23H,10-17H2,1H3,(H,25,29)/t19?,23-,24?/m0/s1. The van der Waals surface area contributed by atoms with Gasteiger partial charge in [-0.15, -0.1) is 0 Å². The Morgan fingerprint density at radius 3 is 2.40 bits per heavy atom. The van der Waals surface area contributed by atoms with E-state index in [-0.39, 0.29) is 22.9 Å². The lowest BCUT2D eigenvalue weighted by Crippen LogP contribution is -2.70. The van der Waals surface area contributed by atoms with Crippen molar-refractivity contribution in [3.8, 4) is 0 Å². The van der Waals surface area contributed by atoms with Crippen LogP contribution in [-0.2, 0) is 16.8 Å². The molecular weight excluding hydrogens is 376 g/mol. The second-order valence-electron chi connectivity index (χ2n) is 9.20. The minimum Gasteiger partial charge on any atom is -0.352 e. The summed E-state index contributed by atoms with van der Waals surface area (Å²) in [4.78, 5) is 30.3. The number of nitrogens with zero attached hydrogens (tertiary/aromatic N) is 3. The maximum Gasteiger partial charge on any atom is 0.250 e. The molecular formula is C24H30N4O2. The van der Waals surface area contributed by atoms with E-state index in [0.717, 1.165) is 45.0 Å². The lowest BCUT2D eigenvalue weighted by Gasteiger charge is -2.55. The average Bonchev–Trinajstić information content (AvgIpc) is 2.99. The van der Waals surface area contributed by atoms with E-state index in [4.69, 9.17) is 0 Å². The van der Waals surface area contributed by atoms with Gasteiger partial charge in [0.2, 0.25) is 5.91 Å². The molecule has 4 saturated heterocycles. The molecule has 0 radical (unpaired) electrons. The Morgan fingerprint density at radius 1 is 1.03 bits per heavy atom. The van der Waals surface area contributed by atoms with Crippen LogP contribution in [0.2, 0.25) is 0 Å². The fraction of sp³-hybridized carbons (Fsp3) is 0.500. The highest BCUT2D eigenvalue weighted by molar-refractivity contribution is 5.76. The van der Waals surface area contributed by atoms with Gasteiger partial charge in [0.05, 0.1) is 0 Å². The number of carbonyl (C=O) groups is 1. The van der Waals surface area contributed by atoms with Crippen molar-refractivity contribution in [3.63, 3.8) is 0 Å². The van der Waals surface area contributed by atoms with Crippen LogP contribution in [0.4, 0.5) is 0 Å². The van der Waals surface area contributed by atoms with Gasteiger partial charge >= 0.3 is 0 Å². The summed E-state index contributed by atoms with van der Waals surface area (Å²) in [5.74, 6) is 0.474. The lowest BCUT2D eigenvalue weighted by atomic mass is 9.64. The molecule has 2 unspecified atom stereocenters. The van der Waals surface area contributed by atoms with E-state index in [1.54, 1.807) is 16.7 Å². The first-order chi connectivity index (χ1) is 14.5. The van der Waals surface area contributed by atoms with E-state index >= 15 is 0 Å². The minimum absolute atomic E-state index is 0.0432. The number of nitrogens with one attached hydrogen (secondary N) is 1. The number of aryl methyl sites for hydroxylation is 1. The normalized spacial score (nSPS) is 32.0. The van der Waals surface area contributed by atoms with E-state index in [2.05, 4.69) is 45.4 Å². The number of fused-ring (bicyclic) bond motifs is 1. The second-order valence-corrected chi connectivity index (χ2v) is 9.20. The third-order valence-electron chi connectivity index (χ3n) is 7.29. The highest BCUT2D eigenvalue weighted by Crippen LogP contribution is 2.43. The van der Waals surface area contributed by atoms with Crippen LogP contribution in [0.1, 0.15) is 17.7 Å². The predicted octanol–water partition coefficient (Wildman–Crippen LogP) is 1.23. The van der Waals surface area contributed by atoms with Gasteiger partial charge < -0.3 is 19.7 Å². The Morgan fingerprint density at radius 2 is 1.73 bits per heavy atom. The zero-order valence-corrected chi connectivity index (χ0v) is 17.6. The van der Waals surface area contributed by atoms with Crippen LogP contribution in [0.3, 0.4) is 0 Å². The molecule has 0 saturated carbocycles. The van der Waals surface area contributed by atoms with Crippen molar-refractivity contribution >= 4 is 5.91 Å². The van der Waals surface area contributed by atoms with Crippen LogP contribution < -0.4 is 10.9 Å². The fourth-order valence-electron chi connectivity index (χ4n) is 5.94. The SMILES string of the molecule is Cc1cccc(=O)n1CCC(=O)N[C@H]1C2CN3CCN(C2)CC1(c1ccccc1)C3. The van der Waals surface area contributed by atoms with Crippen molar-refractivity contribution < 1.29 is 4.79 Å². The number of hydrogen-bond donors (Lipinski definition) is 1. The molecule has 6 nitrogen and oxygen atoms in total. The van der Waals surface area contributed by atoms with Gasteiger partial charge in [-0.1, -0.05) is 36.4 Å². The summed E-state index contributed by atoms with van der Waals surface area (Å²) < 4.78 is 1.69. The Kier molecular flexibility index (Phi) is 4.99. The number of aromatic nitrogens is 1. The molecule has 0 aliphatic carbocycles. The first kappa shape index (κ1) is 19.5. The van der Waals surface area contributed by atoms with Gasteiger partial charge in [0.15, 0.2) is 0 Å². The van der Waals surface area contributed by atoms with Gasteiger partial charge in [0.25, 0.3) is 5.56 Å². The van der Waals surface area contributed by atoms with Crippen LogP contribution in [0.25, 0.3) is 0 Å². The number of pyridine rings is 1. The van der Waals surface area contributed by atoms with Gasteiger partial charge in [0, 0.05) is 81.4 Å². The van der Waals surface area contributed by atoms with Gasteiger partial charge in [-0.3, -0.25) is 9.59 Å². The number of rotatable bonds is 5. The van der Waals surface area contributed by atoms with E-state index < -0.39 is 0 Å². The fourth-order valence-corrected chi connectivity index (χ4v) is 5.94. The van der Waals surface area contributed by atoms with E-state index in [0.29, 0.717) is 18.9 Å². The van der Waals surface area contributed by atoms with Gasteiger partial charge in [-0.05, 0) is 18.6 Å². The zero-order valence-electron chi connectivity index (χ0n) is 17.6. The molecule has 1 aromatic carbocycles. The first-order valence-corrected chi connectivity index (χ1v) is 11.0. The summed E-state index contributed by atoms with van der Waals surface area (Å²) in [6.07, 6.45) is 0.326. The maximum absolute atomic E-state index is 13.0. The molecule has 4 aliphatic heterocycles. The van der Waals surface area contributed by atoms with Crippen LogP contribution in [-0.4, -0.2) is 65.6 Å². The van der Waals surface area contributed by atoms with Gasteiger partial charge in [-0.25, -0.2) is 0 Å². The average molecular weight is 407 g/mol. The molecule has 1 aromatic heterocycles. The number of carbonyl (C=O) groups excluding carboxylic acids is 1. The summed E-state index contributed by atoms with van der Waals surface area (Å²) in [5, 5.41) is 3.43. The highest BCUT2D eigenvalue weighted by Gasteiger charge is 2.55. The van der Waals surface area contributed by atoms with Crippen molar-refractivity contribution in [2.24, 2.45) is 5.92 Å². The predicted molar refractivity (Wildman–Crippen MR) is 116 cm³/mol. The number of hydrogen-bond acceptors (Lipinski definition) is 4. The first-order valence-electron chi connectivity index (χ1n) is 11.0. The van der Waals surface area contributed by atoms with Crippen LogP contribution in [0.5, 0.6) is 0 Å². The molecule has 6 heteroatoms. The van der Waals surface area contributed by atoms with Crippen molar-refractivity contribution in [3.05, 3.63) is 70.1 Å². The molecule has 6 rings (SSSR count). The summed E-state index contributed by atoms with van der Waals surface area (Å²) >= 11 is 0. The molecule has 0 spiro atoms. The third kappa shape index (κ3) is 3.38. The Labute approximate surface area is 177 Å². The topological polar surface area (TPSA) is 57.6 Å². The van der Waals surface area contributed by atoms with Gasteiger partial charge in [-0.2, -0.15) is 0 Å². The number of benzene rings is 1. The van der Waals surface area contributed by atoms with E-state index in [1.807, 2.05) is 13.0 Å². The number of amides is 1. The molecule has 2 aromatic rings.